The zero-order valence-corrected chi connectivity index (χ0v) is 9.79. The van der Waals surface area contributed by atoms with Gasteiger partial charge in [0.05, 0.1) is 11.7 Å². The molecule has 0 N–H and O–H groups in total. The van der Waals surface area contributed by atoms with E-state index in [-0.39, 0.29) is 0 Å². The molecule has 0 saturated carbocycles. The van der Waals surface area contributed by atoms with Crippen LogP contribution in [0.5, 0.6) is 0 Å². The lowest BCUT2D eigenvalue weighted by Gasteiger charge is -2.03. The summed E-state index contributed by atoms with van der Waals surface area (Å²) in [5, 5.41) is 5.58. The van der Waals surface area contributed by atoms with Crippen molar-refractivity contribution in [2.24, 2.45) is 0 Å². The highest BCUT2D eigenvalue weighted by molar-refractivity contribution is 9.10. The lowest BCUT2D eigenvalue weighted by atomic mass is 10.2. The molecule has 0 aliphatic heterocycles. The molecule has 0 atom stereocenters. The number of aromatic nitrogens is 2. The van der Waals surface area contributed by atoms with E-state index < -0.39 is 0 Å². The highest BCUT2D eigenvalue weighted by Crippen LogP contribution is 2.23. The zero-order chi connectivity index (χ0) is 9.97. The Hall–Kier alpha value is -0.830. The monoisotopic (exact) mass is 252 g/mol. The summed E-state index contributed by atoms with van der Waals surface area (Å²) in [6, 6.07) is 6.19. The van der Waals surface area contributed by atoms with Crippen LogP contribution >= 0.6 is 15.9 Å². The van der Waals surface area contributed by atoms with Crippen molar-refractivity contribution < 1.29 is 0 Å². The minimum atomic E-state index is 1.00. The molecular weight excluding hydrogens is 240 g/mol. The lowest BCUT2D eigenvalue weighted by Crippen LogP contribution is -1.99. The van der Waals surface area contributed by atoms with Gasteiger partial charge in [-0.3, -0.25) is 4.68 Å². The van der Waals surface area contributed by atoms with Crippen molar-refractivity contribution in [2.45, 2.75) is 26.3 Å². The molecule has 2 nitrogen and oxygen atoms in total. The largest absolute Gasteiger partial charge is 0.264 e. The summed E-state index contributed by atoms with van der Waals surface area (Å²) in [7, 11) is 0. The third-order valence-corrected chi connectivity index (χ3v) is 2.98. The standard InChI is InChI=1S/C11H13BrN2/c1-2-3-7-14-11-9(8-13-14)5-4-6-10(11)12/h4-6,8H,2-3,7H2,1H3. The van der Waals surface area contributed by atoms with Gasteiger partial charge in [-0.2, -0.15) is 5.10 Å². The predicted octanol–water partition coefficient (Wildman–Crippen LogP) is 3.60. The van der Waals surface area contributed by atoms with E-state index in [1.54, 1.807) is 0 Å². The Morgan fingerprint density at radius 2 is 2.29 bits per heavy atom. The molecule has 0 radical (unpaired) electrons. The van der Waals surface area contributed by atoms with Crippen LogP contribution in [0.1, 0.15) is 19.8 Å². The van der Waals surface area contributed by atoms with Crippen molar-refractivity contribution in [1.29, 1.82) is 0 Å². The van der Waals surface area contributed by atoms with Gasteiger partial charge in [-0.1, -0.05) is 25.5 Å². The smallest absolute Gasteiger partial charge is 0.0824 e. The molecule has 2 rings (SSSR count). The Kier molecular flexibility index (Phi) is 2.87. The summed E-state index contributed by atoms with van der Waals surface area (Å²) in [5.41, 5.74) is 1.21. The van der Waals surface area contributed by atoms with Gasteiger partial charge in [0.1, 0.15) is 0 Å². The van der Waals surface area contributed by atoms with Crippen LogP contribution in [-0.4, -0.2) is 9.78 Å². The Bertz CT molecular complexity index is 434. The van der Waals surface area contributed by atoms with E-state index in [2.05, 4.69) is 44.8 Å². The molecule has 0 amide bonds. The fraction of sp³-hybridized carbons (Fsp3) is 0.364. The minimum Gasteiger partial charge on any atom is -0.264 e. The van der Waals surface area contributed by atoms with E-state index >= 15 is 0 Å². The van der Waals surface area contributed by atoms with Crippen LogP contribution in [0.15, 0.2) is 28.9 Å². The van der Waals surface area contributed by atoms with Gasteiger partial charge in [-0.25, -0.2) is 0 Å². The SMILES string of the molecule is CCCCn1ncc2cccc(Br)c21. The molecule has 0 unspecified atom stereocenters. The predicted molar refractivity (Wildman–Crippen MR) is 62.3 cm³/mol. The highest BCUT2D eigenvalue weighted by Gasteiger charge is 2.04. The molecule has 0 bridgehead atoms. The zero-order valence-electron chi connectivity index (χ0n) is 8.20. The molecule has 74 valence electrons. The van der Waals surface area contributed by atoms with Gasteiger partial charge in [0.25, 0.3) is 0 Å². The molecule has 0 spiro atoms. The topological polar surface area (TPSA) is 17.8 Å². The van der Waals surface area contributed by atoms with Gasteiger partial charge in [-0.15, -0.1) is 0 Å². The van der Waals surface area contributed by atoms with Gasteiger partial charge in [0.15, 0.2) is 0 Å². The van der Waals surface area contributed by atoms with E-state index in [0.717, 1.165) is 11.0 Å². The van der Waals surface area contributed by atoms with Crippen LogP contribution in [0.25, 0.3) is 10.9 Å². The van der Waals surface area contributed by atoms with Crippen molar-refractivity contribution in [2.75, 3.05) is 0 Å². The van der Waals surface area contributed by atoms with Gasteiger partial charge >= 0.3 is 0 Å². The first-order chi connectivity index (χ1) is 6.83. The minimum absolute atomic E-state index is 1.00. The first-order valence-corrected chi connectivity index (χ1v) is 5.72. The summed E-state index contributed by atoms with van der Waals surface area (Å²) in [4.78, 5) is 0. The summed E-state index contributed by atoms with van der Waals surface area (Å²) in [6.07, 6.45) is 4.31. The number of halogens is 1. The highest BCUT2D eigenvalue weighted by atomic mass is 79.9. The molecule has 0 aliphatic carbocycles. The van der Waals surface area contributed by atoms with Crippen LogP contribution in [0, 0.1) is 0 Å². The number of fused-ring (bicyclic) bond motifs is 1. The second kappa shape index (κ2) is 4.13. The van der Waals surface area contributed by atoms with Crippen molar-refractivity contribution >= 4 is 26.8 Å². The average Bonchev–Trinajstić information content (AvgIpc) is 2.59. The second-order valence-electron chi connectivity index (χ2n) is 3.40. The Morgan fingerprint density at radius 3 is 3.07 bits per heavy atom. The Labute approximate surface area is 92.0 Å². The van der Waals surface area contributed by atoms with Crippen molar-refractivity contribution in [1.82, 2.24) is 9.78 Å². The molecule has 2 aromatic rings. The first kappa shape index (κ1) is 9.71. The van der Waals surface area contributed by atoms with Crippen molar-refractivity contribution in [3.63, 3.8) is 0 Å². The lowest BCUT2D eigenvalue weighted by molar-refractivity contribution is 0.587. The maximum absolute atomic E-state index is 4.38. The van der Waals surface area contributed by atoms with Gasteiger partial charge < -0.3 is 0 Å². The summed E-state index contributed by atoms with van der Waals surface area (Å²) in [6.45, 7) is 3.20. The van der Waals surface area contributed by atoms with Crippen LogP contribution in [0.4, 0.5) is 0 Å². The van der Waals surface area contributed by atoms with Gasteiger partial charge in [0.2, 0.25) is 0 Å². The average molecular weight is 253 g/mol. The van der Waals surface area contributed by atoms with Gasteiger partial charge in [0, 0.05) is 16.4 Å². The van der Waals surface area contributed by atoms with E-state index in [1.165, 1.54) is 23.7 Å². The third kappa shape index (κ3) is 1.69. The second-order valence-corrected chi connectivity index (χ2v) is 4.25. The number of unbranched alkanes of at least 4 members (excludes halogenated alkanes) is 1. The third-order valence-electron chi connectivity index (χ3n) is 2.34. The molecule has 1 heterocycles. The van der Waals surface area contributed by atoms with Crippen molar-refractivity contribution in [3.8, 4) is 0 Å². The van der Waals surface area contributed by atoms with E-state index in [4.69, 9.17) is 0 Å². The molecule has 1 aromatic carbocycles. The number of para-hydroxylation sites is 1. The normalized spacial score (nSPS) is 11.0. The summed E-state index contributed by atoms with van der Waals surface area (Å²) in [5.74, 6) is 0. The number of hydrogen-bond acceptors (Lipinski definition) is 1. The van der Waals surface area contributed by atoms with Crippen LogP contribution in [0.3, 0.4) is 0 Å². The van der Waals surface area contributed by atoms with Crippen LogP contribution < -0.4 is 0 Å². The number of hydrogen-bond donors (Lipinski definition) is 0. The summed E-state index contributed by atoms with van der Waals surface area (Å²) < 4.78 is 3.20. The maximum atomic E-state index is 4.38. The number of rotatable bonds is 3. The van der Waals surface area contributed by atoms with E-state index in [0.29, 0.717) is 0 Å². The first-order valence-electron chi connectivity index (χ1n) is 4.93. The fourth-order valence-electron chi connectivity index (χ4n) is 1.58. The Morgan fingerprint density at radius 1 is 1.43 bits per heavy atom. The van der Waals surface area contributed by atoms with Crippen LogP contribution in [-0.2, 0) is 6.54 Å². The fourth-order valence-corrected chi connectivity index (χ4v) is 2.16. The van der Waals surface area contributed by atoms with Crippen LogP contribution in [0.2, 0.25) is 0 Å². The number of benzene rings is 1. The number of aryl methyl sites for hydroxylation is 1. The summed E-state index contributed by atoms with van der Waals surface area (Å²) >= 11 is 3.56. The van der Waals surface area contributed by atoms with E-state index in [9.17, 15) is 0 Å². The van der Waals surface area contributed by atoms with E-state index in [1.807, 2.05) is 12.3 Å². The molecular formula is C11H13BrN2. The molecule has 14 heavy (non-hydrogen) atoms. The Balaban J connectivity index is 2.45. The van der Waals surface area contributed by atoms with Crippen molar-refractivity contribution in [3.05, 3.63) is 28.9 Å². The maximum Gasteiger partial charge on any atom is 0.0824 e. The molecule has 1 aromatic heterocycles. The quantitative estimate of drug-likeness (QED) is 0.817. The molecule has 0 aliphatic rings. The molecule has 0 fully saturated rings. The molecule has 0 saturated heterocycles. The molecule has 3 heteroatoms. The van der Waals surface area contributed by atoms with Gasteiger partial charge in [-0.05, 0) is 28.4 Å². The number of nitrogens with zero attached hydrogens (tertiary/aromatic N) is 2.